The van der Waals surface area contributed by atoms with Crippen LogP contribution < -0.4 is 31.4 Å². The van der Waals surface area contributed by atoms with Crippen molar-refractivity contribution < 1.29 is 19.8 Å². The van der Waals surface area contributed by atoms with Gasteiger partial charge < -0.3 is 19.8 Å². The van der Waals surface area contributed by atoms with Crippen LogP contribution >= 0.6 is 17.2 Å². The lowest BCUT2D eigenvalue weighted by Gasteiger charge is -2.04. The molecule has 0 radical (unpaired) electrons. The summed E-state index contributed by atoms with van der Waals surface area (Å²) < 4.78 is 0. The topological polar surface area (TPSA) is 80.3 Å². The molecule has 38 heavy (non-hydrogen) atoms. The third-order valence-electron chi connectivity index (χ3n) is 5.22. The van der Waals surface area contributed by atoms with Crippen molar-refractivity contribution in [2.75, 3.05) is 0 Å². The first-order valence-corrected chi connectivity index (χ1v) is 14.2. The molecule has 0 aliphatic rings. The molecule has 0 spiro atoms. The molecule has 0 atom stereocenters. The average molecular weight is 539 g/mol. The first-order chi connectivity index (χ1) is 18.5. The highest BCUT2D eigenvalue weighted by Crippen LogP contribution is 2.09. The molecule has 0 aliphatic carbocycles. The van der Waals surface area contributed by atoms with Gasteiger partial charge in [0.2, 0.25) is 0 Å². The highest BCUT2D eigenvalue weighted by molar-refractivity contribution is 7.55. The van der Waals surface area contributed by atoms with Crippen molar-refractivity contribution in [1.82, 2.24) is 0 Å². The Morgan fingerprint density at radius 2 is 0.579 bits per heavy atom. The SMILES string of the molecule is O=C([O-])c1ccc(C(=O)[O-])cc1.c1ccc([PH2+]c2ccccc2)cc1.c1ccc([PH2+]c2ccccc2)cc1. The average Bonchev–Trinajstić information content (AvgIpc) is 2.96. The van der Waals surface area contributed by atoms with Gasteiger partial charge in [0.15, 0.2) is 0 Å². The molecule has 5 rings (SSSR count). The van der Waals surface area contributed by atoms with Gasteiger partial charge in [0.1, 0.15) is 0 Å². The summed E-state index contributed by atoms with van der Waals surface area (Å²) in [6.07, 6.45) is 0. The Morgan fingerprint density at radius 3 is 0.763 bits per heavy atom. The zero-order chi connectivity index (χ0) is 27.0. The molecular formula is C32H28O4P2. The van der Waals surface area contributed by atoms with E-state index >= 15 is 0 Å². The van der Waals surface area contributed by atoms with Crippen molar-refractivity contribution in [3.05, 3.63) is 157 Å². The monoisotopic (exact) mass is 538 g/mol. The van der Waals surface area contributed by atoms with Crippen LogP contribution in [0.1, 0.15) is 20.7 Å². The minimum Gasteiger partial charge on any atom is -0.545 e. The fraction of sp³-hybridized carbons (Fsp3) is 0. The van der Waals surface area contributed by atoms with Gasteiger partial charge in [0, 0.05) is 0 Å². The second kappa shape index (κ2) is 15.9. The van der Waals surface area contributed by atoms with Crippen LogP contribution in [0.4, 0.5) is 0 Å². The van der Waals surface area contributed by atoms with E-state index in [9.17, 15) is 19.8 Å². The maximum absolute atomic E-state index is 10.2. The second-order valence-electron chi connectivity index (χ2n) is 8.08. The molecule has 0 heterocycles. The maximum Gasteiger partial charge on any atom is 0.0942 e. The van der Waals surface area contributed by atoms with Gasteiger partial charge in [-0.2, -0.15) is 0 Å². The van der Waals surface area contributed by atoms with E-state index in [-0.39, 0.29) is 28.3 Å². The summed E-state index contributed by atoms with van der Waals surface area (Å²) in [5.41, 5.74) is -0.111. The van der Waals surface area contributed by atoms with Gasteiger partial charge in [-0.1, -0.05) is 97.1 Å². The van der Waals surface area contributed by atoms with Crippen molar-refractivity contribution in [2.24, 2.45) is 0 Å². The van der Waals surface area contributed by atoms with Gasteiger partial charge in [-0.05, 0) is 59.7 Å². The molecule has 0 aromatic heterocycles. The van der Waals surface area contributed by atoms with Crippen LogP contribution in [0.5, 0.6) is 0 Å². The van der Waals surface area contributed by atoms with E-state index in [2.05, 4.69) is 121 Å². The number of hydrogen-bond acceptors (Lipinski definition) is 4. The number of hydrogen-bond donors (Lipinski definition) is 0. The van der Waals surface area contributed by atoms with E-state index in [0.717, 1.165) is 24.3 Å². The Balaban J connectivity index is 0.000000158. The molecule has 0 saturated carbocycles. The number of benzene rings is 5. The molecule has 0 bridgehead atoms. The van der Waals surface area contributed by atoms with Gasteiger partial charge in [0.05, 0.1) is 50.3 Å². The summed E-state index contributed by atoms with van der Waals surface area (Å²) in [6, 6.07) is 47.3. The van der Waals surface area contributed by atoms with E-state index in [0.29, 0.717) is 0 Å². The van der Waals surface area contributed by atoms with Gasteiger partial charge in [-0.25, -0.2) is 0 Å². The summed E-state index contributed by atoms with van der Waals surface area (Å²) in [6.45, 7) is 0. The molecule has 0 unspecified atom stereocenters. The standard InChI is InChI=1S/2C12H11P.C8H6O4/c2*1-3-7-11(8-4-1)13-12-9-5-2-6-10-12;9-7(10)5-1-2-6(4-3-5)8(11)12/h2*1-10,13H;1-4H,(H,9,10)(H,11,12). The summed E-state index contributed by atoms with van der Waals surface area (Å²) in [7, 11) is 0.543. The van der Waals surface area contributed by atoms with Crippen LogP contribution in [-0.2, 0) is 0 Å². The molecule has 0 amide bonds. The van der Waals surface area contributed by atoms with E-state index < -0.39 is 11.9 Å². The van der Waals surface area contributed by atoms with E-state index in [1.807, 2.05) is 0 Å². The first kappa shape index (κ1) is 28.5. The van der Waals surface area contributed by atoms with Crippen molar-refractivity contribution in [3.63, 3.8) is 0 Å². The molecule has 190 valence electrons. The van der Waals surface area contributed by atoms with Crippen LogP contribution in [-0.4, -0.2) is 11.9 Å². The molecule has 5 aromatic rings. The van der Waals surface area contributed by atoms with E-state index in [1.165, 1.54) is 21.2 Å². The number of carbonyl (C=O) groups is 2. The van der Waals surface area contributed by atoms with Crippen LogP contribution in [0.15, 0.2) is 146 Å². The number of carboxylic acid groups (broad SMARTS) is 2. The van der Waals surface area contributed by atoms with Crippen LogP contribution in [0, 0.1) is 0 Å². The predicted octanol–water partition coefficient (Wildman–Crippen LogP) is 2.51. The third-order valence-corrected chi connectivity index (χ3v) is 8.09. The molecule has 0 saturated heterocycles. The number of carbonyl (C=O) groups excluding carboxylic acids is 2. The largest absolute Gasteiger partial charge is 0.545 e. The van der Waals surface area contributed by atoms with Crippen molar-refractivity contribution in [2.45, 2.75) is 0 Å². The molecule has 0 aliphatic heterocycles. The Kier molecular flexibility index (Phi) is 11.9. The smallest absolute Gasteiger partial charge is 0.0942 e. The molecule has 4 nitrogen and oxygen atoms in total. The zero-order valence-corrected chi connectivity index (χ0v) is 23.0. The van der Waals surface area contributed by atoms with Gasteiger partial charge in [-0.3, -0.25) is 0 Å². The van der Waals surface area contributed by atoms with Crippen LogP contribution in [0.25, 0.3) is 0 Å². The minimum atomic E-state index is -1.33. The normalized spacial score (nSPS) is 9.68. The molecule has 0 N–H and O–H groups in total. The number of rotatable bonds is 6. The van der Waals surface area contributed by atoms with Gasteiger partial charge in [-0.15, -0.1) is 0 Å². The van der Waals surface area contributed by atoms with Crippen molar-refractivity contribution in [1.29, 1.82) is 0 Å². The molecule has 0 fully saturated rings. The van der Waals surface area contributed by atoms with E-state index in [4.69, 9.17) is 0 Å². The Labute approximate surface area is 226 Å². The highest BCUT2D eigenvalue weighted by Gasteiger charge is 2.01. The molecular weight excluding hydrogens is 510 g/mol. The third kappa shape index (κ3) is 10.5. The maximum atomic E-state index is 10.2. The summed E-state index contributed by atoms with van der Waals surface area (Å²) in [5.74, 6) is -2.67. The summed E-state index contributed by atoms with van der Waals surface area (Å²) in [5, 5.41) is 26.2. The fourth-order valence-electron chi connectivity index (χ4n) is 3.32. The van der Waals surface area contributed by atoms with Crippen LogP contribution in [0.2, 0.25) is 0 Å². The predicted molar refractivity (Wildman–Crippen MR) is 159 cm³/mol. The molecule has 5 aromatic carbocycles. The Morgan fingerprint density at radius 1 is 0.368 bits per heavy atom. The van der Waals surface area contributed by atoms with Gasteiger partial charge in [0.25, 0.3) is 0 Å². The highest BCUT2D eigenvalue weighted by atomic mass is 31.1. The minimum absolute atomic E-state index is 0.0556. The second-order valence-corrected chi connectivity index (χ2v) is 11.3. The van der Waals surface area contributed by atoms with E-state index in [1.54, 1.807) is 0 Å². The lowest BCUT2D eigenvalue weighted by molar-refractivity contribution is -0.256. The summed E-state index contributed by atoms with van der Waals surface area (Å²) in [4.78, 5) is 20.4. The Bertz CT molecular complexity index is 1190. The van der Waals surface area contributed by atoms with Crippen molar-refractivity contribution in [3.8, 4) is 0 Å². The Hall–Kier alpha value is -4.10. The number of aromatic carboxylic acids is 2. The zero-order valence-electron chi connectivity index (χ0n) is 20.6. The summed E-state index contributed by atoms with van der Waals surface area (Å²) >= 11 is 0. The van der Waals surface area contributed by atoms with Crippen LogP contribution in [0.3, 0.4) is 0 Å². The van der Waals surface area contributed by atoms with Gasteiger partial charge >= 0.3 is 0 Å². The number of carboxylic acids is 2. The first-order valence-electron chi connectivity index (χ1n) is 11.9. The quantitative estimate of drug-likeness (QED) is 0.311. The van der Waals surface area contributed by atoms with Crippen molar-refractivity contribution >= 4 is 50.3 Å². The lowest BCUT2D eigenvalue weighted by Crippen LogP contribution is -2.24. The lowest BCUT2D eigenvalue weighted by atomic mass is 10.1. The molecule has 6 heteroatoms. The fourth-order valence-corrected chi connectivity index (χ4v) is 5.75.